The van der Waals surface area contributed by atoms with Crippen LogP contribution in [-0.2, 0) is 18.2 Å². The van der Waals surface area contributed by atoms with Crippen LogP contribution in [0.25, 0.3) is 0 Å². The van der Waals surface area contributed by atoms with Crippen LogP contribution in [-0.4, -0.2) is 66.1 Å². The van der Waals surface area contributed by atoms with Crippen molar-refractivity contribution in [2.75, 3.05) is 39.4 Å². The second-order valence-electron chi connectivity index (χ2n) is 6.37. The molecule has 0 saturated carbocycles. The normalized spacial score (nSPS) is 17.2. The van der Waals surface area contributed by atoms with Gasteiger partial charge in [-0.15, -0.1) is 0 Å². The number of morpholine rings is 1. The molecule has 7 nitrogen and oxygen atoms in total. The van der Waals surface area contributed by atoms with Crippen molar-refractivity contribution in [1.82, 2.24) is 25.3 Å². The van der Waals surface area contributed by atoms with Crippen molar-refractivity contribution in [3.05, 3.63) is 18.0 Å². The summed E-state index contributed by atoms with van der Waals surface area (Å²) in [6.45, 7) is 9.10. The van der Waals surface area contributed by atoms with Crippen LogP contribution in [0, 0.1) is 5.92 Å². The largest absolute Gasteiger partial charge is 0.379 e. The van der Waals surface area contributed by atoms with E-state index in [2.05, 4.69) is 34.5 Å². The highest BCUT2D eigenvalue weighted by Crippen LogP contribution is 2.12. The van der Waals surface area contributed by atoms with Crippen molar-refractivity contribution in [2.45, 2.75) is 26.3 Å². The molecule has 1 saturated heterocycles. The zero-order valence-corrected chi connectivity index (χ0v) is 14.4. The number of carbonyl (C=O) groups excluding carboxylic acids is 1. The highest BCUT2D eigenvalue weighted by Gasteiger charge is 2.24. The number of rotatable bonds is 7. The van der Waals surface area contributed by atoms with E-state index in [0.717, 1.165) is 38.3 Å². The molecule has 7 heteroatoms. The van der Waals surface area contributed by atoms with Crippen molar-refractivity contribution in [1.29, 1.82) is 0 Å². The molecule has 2 heterocycles. The predicted octanol–water partition coefficient (Wildman–Crippen LogP) is 0.619. The first-order valence-electron chi connectivity index (χ1n) is 8.37. The maximum atomic E-state index is 12.0. The van der Waals surface area contributed by atoms with E-state index < -0.39 is 0 Å². The molecule has 0 spiro atoms. The first kappa shape index (κ1) is 17.7. The lowest BCUT2D eigenvalue weighted by molar-refractivity contribution is 0.00720. The van der Waals surface area contributed by atoms with Crippen LogP contribution < -0.4 is 10.6 Å². The number of aryl methyl sites for hydroxylation is 1. The quantitative estimate of drug-likeness (QED) is 0.772. The molecule has 130 valence electrons. The fourth-order valence-electron chi connectivity index (χ4n) is 2.88. The van der Waals surface area contributed by atoms with E-state index in [9.17, 15) is 4.79 Å². The molecule has 1 aromatic heterocycles. The van der Waals surface area contributed by atoms with Crippen molar-refractivity contribution in [2.24, 2.45) is 13.0 Å². The number of hydrogen-bond acceptors (Lipinski definition) is 4. The van der Waals surface area contributed by atoms with Gasteiger partial charge in [-0.2, -0.15) is 5.10 Å². The van der Waals surface area contributed by atoms with Crippen LogP contribution in [0.4, 0.5) is 4.79 Å². The number of urea groups is 1. The minimum atomic E-state index is -0.104. The zero-order valence-electron chi connectivity index (χ0n) is 14.4. The summed E-state index contributed by atoms with van der Waals surface area (Å²) >= 11 is 0. The Balaban J connectivity index is 1.68. The number of hydrogen-bond donors (Lipinski definition) is 2. The van der Waals surface area contributed by atoms with Crippen molar-refractivity contribution < 1.29 is 9.53 Å². The van der Waals surface area contributed by atoms with Crippen molar-refractivity contribution >= 4 is 6.03 Å². The lowest BCUT2D eigenvalue weighted by Gasteiger charge is -2.36. The molecule has 1 aliphatic rings. The Kier molecular flexibility index (Phi) is 6.85. The maximum absolute atomic E-state index is 12.0. The number of aromatic nitrogens is 2. The van der Waals surface area contributed by atoms with Gasteiger partial charge in [0.05, 0.1) is 19.4 Å². The van der Waals surface area contributed by atoms with Crippen LogP contribution >= 0.6 is 0 Å². The molecule has 2 amide bonds. The minimum absolute atomic E-state index is 0.104. The highest BCUT2D eigenvalue weighted by molar-refractivity contribution is 5.73. The van der Waals surface area contributed by atoms with E-state index in [1.165, 1.54) is 0 Å². The SMILES string of the molecule is CC(C)[C@@H](CNC(=O)NCCc1cnn(C)c1)N1CCOCC1. The van der Waals surface area contributed by atoms with Gasteiger partial charge in [0.25, 0.3) is 0 Å². The molecule has 0 radical (unpaired) electrons. The number of ether oxygens (including phenoxy) is 1. The van der Waals surface area contributed by atoms with Crippen LogP contribution in [0.1, 0.15) is 19.4 Å². The topological polar surface area (TPSA) is 71.4 Å². The molecule has 0 aliphatic carbocycles. The Morgan fingerprint density at radius 2 is 2.09 bits per heavy atom. The van der Waals surface area contributed by atoms with Crippen LogP contribution in [0.3, 0.4) is 0 Å². The molecule has 23 heavy (non-hydrogen) atoms. The van der Waals surface area contributed by atoms with Gasteiger partial charge in [-0.3, -0.25) is 9.58 Å². The van der Waals surface area contributed by atoms with Crippen molar-refractivity contribution in [3.63, 3.8) is 0 Å². The summed E-state index contributed by atoms with van der Waals surface area (Å²) in [7, 11) is 1.89. The average Bonchev–Trinajstić information content (AvgIpc) is 2.94. The molecule has 0 aromatic carbocycles. The lowest BCUT2D eigenvalue weighted by Crippen LogP contribution is -2.52. The maximum Gasteiger partial charge on any atom is 0.314 e. The van der Waals surface area contributed by atoms with E-state index >= 15 is 0 Å². The average molecular weight is 323 g/mol. The molecule has 2 N–H and O–H groups in total. The third-order valence-corrected chi connectivity index (χ3v) is 4.21. The molecule has 0 bridgehead atoms. The highest BCUT2D eigenvalue weighted by atomic mass is 16.5. The van der Waals surface area contributed by atoms with Gasteiger partial charge in [0.15, 0.2) is 0 Å². The van der Waals surface area contributed by atoms with Gasteiger partial charge < -0.3 is 15.4 Å². The minimum Gasteiger partial charge on any atom is -0.379 e. The molecule has 1 atom stereocenters. The van der Waals surface area contributed by atoms with E-state index in [0.29, 0.717) is 25.0 Å². The van der Waals surface area contributed by atoms with Gasteiger partial charge in [0.1, 0.15) is 0 Å². The van der Waals surface area contributed by atoms with E-state index in [1.807, 2.05) is 19.4 Å². The van der Waals surface area contributed by atoms with Gasteiger partial charge in [-0.25, -0.2) is 4.79 Å². The van der Waals surface area contributed by atoms with Crippen LogP contribution in [0.5, 0.6) is 0 Å². The van der Waals surface area contributed by atoms with Gasteiger partial charge >= 0.3 is 6.03 Å². The lowest BCUT2D eigenvalue weighted by atomic mass is 10.0. The van der Waals surface area contributed by atoms with Gasteiger partial charge in [0, 0.05) is 45.5 Å². The number of nitrogens with one attached hydrogen (secondary N) is 2. The summed E-state index contributed by atoms with van der Waals surface area (Å²) in [5, 5.41) is 10.0. The first-order chi connectivity index (χ1) is 11.1. The summed E-state index contributed by atoms with van der Waals surface area (Å²) in [6, 6.07) is 0.246. The summed E-state index contributed by atoms with van der Waals surface area (Å²) in [6.07, 6.45) is 4.58. The summed E-state index contributed by atoms with van der Waals surface area (Å²) in [5.74, 6) is 0.490. The van der Waals surface area contributed by atoms with E-state index in [4.69, 9.17) is 4.74 Å². The Morgan fingerprint density at radius 1 is 1.35 bits per heavy atom. The smallest absolute Gasteiger partial charge is 0.314 e. The number of carbonyl (C=O) groups is 1. The monoisotopic (exact) mass is 323 g/mol. The van der Waals surface area contributed by atoms with Gasteiger partial charge in [-0.05, 0) is 17.9 Å². The third-order valence-electron chi connectivity index (χ3n) is 4.21. The van der Waals surface area contributed by atoms with Crippen LogP contribution in [0.15, 0.2) is 12.4 Å². The van der Waals surface area contributed by atoms with E-state index in [-0.39, 0.29) is 6.03 Å². The standard InChI is InChI=1S/C16H29N5O2/c1-13(2)15(21-6-8-23-9-7-21)11-18-16(22)17-5-4-14-10-19-20(3)12-14/h10,12-13,15H,4-9,11H2,1-3H3,(H2,17,18,22)/t15-/m1/s1. The Morgan fingerprint density at radius 3 is 2.70 bits per heavy atom. The second kappa shape index (κ2) is 8.88. The molecular weight excluding hydrogens is 294 g/mol. The third kappa shape index (κ3) is 5.84. The number of nitrogens with zero attached hydrogens (tertiary/aromatic N) is 3. The van der Waals surface area contributed by atoms with Crippen molar-refractivity contribution in [3.8, 4) is 0 Å². The Labute approximate surface area is 138 Å². The summed E-state index contributed by atoms with van der Waals surface area (Å²) < 4.78 is 7.17. The van der Waals surface area contributed by atoms with Gasteiger partial charge in [0.2, 0.25) is 0 Å². The molecule has 1 aromatic rings. The predicted molar refractivity (Wildman–Crippen MR) is 89.3 cm³/mol. The van der Waals surface area contributed by atoms with Crippen LogP contribution in [0.2, 0.25) is 0 Å². The molecule has 1 fully saturated rings. The van der Waals surface area contributed by atoms with E-state index in [1.54, 1.807) is 4.68 Å². The molecular formula is C16H29N5O2. The zero-order chi connectivity index (χ0) is 16.7. The summed E-state index contributed by atoms with van der Waals surface area (Å²) in [4.78, 5) is 14.4. The fraction of sp³-hybridized carbons (Fsp3) is 0.750. The second-order valence-corrected chi connectivity index (χ2v) is 6.37. The molecule has 0 unspecified atom stereocenters. The number of amides is 2. The molecule has 1 aliphatic heterocycles. The summed E-state index contributed by atoms with van der Waals surface area (Å²) in [5.41, 5.74) is 1.13. The Bertz CT molecular complexity index is 483. The Hall–Kier alpha value is -1.60. The van der Waals surface area contributed by atoms with Gasteiger partial charge in [-0.1, -0.05) is 13.8 Å². The fourth-order valence-corrected chi connectivity index (χ4v) is 2.88. The molecule has 2 rings (SSSR count). The first-order valence-corrected chi connectivity index (χ1v) is 8.37.